The Balaban J connectivity index is 2.20. The minimum Gasteiger partial charge on any atom is -0.314 e. The maximum absolute atomic E-state index is 13.2. The minimum absolute atomic E-state index is 0.0919. The van der Waals surface area contributed by atoms with Gasteiger partial charge >= 0.3 is 5.00 Å². The summed E-state index contributed by atoms with van der Waals surface area (Å²) in [7, 11) is 0. The number of halogens is 2. The van der Waals surface area contributed by atoms with Gasteiger partial charge < -0.3 is 5.32 Å². The van der Waals surface area contributed by atoms with E-state index >= 15 is 0 Å². The Labute approximate surface area is 107 Å². The van der Waals surface area contributed by atoms with Gasteiger partial charge in [-0.1, -0.05) is 11.3 Å². The summed E-state index contributed by atoms with van der Waals surface area (Å²) in [6.07, 6.45) is -2.54. The predicted molar refractivity (Wildman–Crippen MR) is 64.2 cm³/mol. The lowest BCUT2D eigenvalue weighted by Gasteiger charge is -2.33. The van der Waals surface area contributed by atoms with E-state index in [0.29, 0.717) is 31.1 Å². The molecule has 1 aromatic rings. The first kappa shape index (κ1) is 13.3. The fourth-order valence-corrected chi connectivity index (χ4v) is 2.98. The lowest BCUT2D eigenvalue weighted by Crippen LogP contribution is -2.46. The lowest BCUT2D eigenvalue weighted by atomic mass is 10.2. The SMILES string of the molecule is O=[N+]([O-])c1ccc([C@@H](C(F)F)N2CCNCC2)s1. The molecule has 2 rings (SSSR count). The molecule has 100 valence electrons. The Bertz CT molecular complexity index is 421. The van der Waals surface area contributed by atoms with Crippen molar-refractivity contribution in [3.8, 4) is 0 Å². The fraction of sp³-hybridized carbons (Fsp3) is 0.600. The van der Waals surface area contributed by atoms with Crippen LogP contribution >= 0.6 is 11.3 Å². The molecule has 0 bridgehead atoms. The number of piperazine rings is 1. The lowest BCUT2D eigenvalue weighted by molar-refractivity contribution is -0.380. The molecule has 0 unspecified atom stereocenters. The summed E-state index contributed by atoms with van der Waals surface area (Å²) in [5.41, 5.74) is 0. The van der Waals surface area contributed by atoms with Gasteiger partial charge in [-0.15, -0.1) is 0 Å². The Morgan fingerprint density at radius 3 is 2.56 bits per heavy atom. The molecule has 0 saturated carbocycles. The van der Waals surface area contributed by atoms with E-state index in [1.54, 1.807) is 4.90 Å². The molecule has 1 aliphatic heterocycles. The highest BCUT2D eigenvalue weighted by molar-refractivity contribution is 7.15. The van der Waals surface area contributed by atoms with Crippen molar-refractivity contribution in [1.29, 1.82) is 0 Å². The fourth-order valence-electron chi connectivity index (χ4n) is 2.02. The van der Waals surface area contributed by atoms with Crippen LogP contribution in [-0.4, -0.2) is 42.4 Å². The van der Waals surface area contributed by atoms with E-state index in [-0.39, 0.29) is 5.00 Å². The van der Waals surface area contributed by atoms with Gasteiger partial charge in [0, 0.05) is 37.1 Å². The second kappa shape index (κ2) is 5.68. The molecule has 1 aliphatic rings. The van der Waals surface area contributed by atoms with Crippen LogP contribution in [0.2, 0.25) is 0 Å². The van der Waals surface area contributed by atoms with Crippen LogP contribution in [0, 0.1) is 10.1 Å². The van der Waals surface area contributed by atoms with Gasteiger partial charge in [0.1, 0.15) is 6.04 Å². The quantitative estimate of drug-likeness (QED) is 0.674. The molecular formula is C10H13F2N3O2S. The smallest absolute Gasteiger partial charge is 0.314 e. The number of nitrogens with one attached hydrogen (secondary N) is 1. The first-order chi connectivity index (χ1) is 8.59. The zero-order valence-electron chi connectivity index (χ0n) is 9.51. The van der Waals surface area contributed by atoms with Crippen LogP contribution in [0.4, 0.5) is 13.8 Å². The van der Waals surface area contributed by atoms with Crippen molar-refractivity contribution in [3.63, 3.8) is 0 Å². The van der Waals surface area contributed by atoms with E-state index in [2.05, 4.69) is 5.32 Å². The number of nitrogens with zero attached hydrogens (tertiary/aromatic N) is 2. The van der Waals surface area contributed by atoms with E-state index in [0.717, 1.165) is 11.3 Å². The van der Waals surface area contributed by atoms with Crippen LogP contribution in [0.25, 0.3) is 0 Å². The molecule has 2 heterocycles. The molecule has 0 aliphatic carbocycles. The minimum atomic E-state index is -2.54. The van der Waals surface area contributed by atoms with Crippen molar-refractivity contribution in [2.75, 3.05) is 26.2 Å². The standard InChI is InChI=1S/C10H13F2N3O2S/c11-10(12)9(14-5-3-13-4-6-14)7-1-2-8(18-7)15(16)17/h1-2,9-10,13H,3-6H2/t9-/m0/s1. The summed E-state index contributed by atoms with van der Waals surface area (Å²) in [6.45, 7) is 2.38. The van der Waals surface area contributed by atoms with Crippen molar-refractivity contribution in [1.82, 2.24) is 10.2 Å². The Morgan fingerprint density at radius 1 is 1.39 bits per heavy atom. The molecule has 18 heavy (non-hydrogen) atoms. The van der Waals surface area contributed by atoms with Crippen LogP contribution < -0.4 is 5.32 Å². The Hall–Kier alpha value is -1.12. The van der Waals surface area contributed by atoms with E-state index in [1.807, 2.05) is 0 Å². The second-order valence-electron chi connectivity index (χ2n) is 4.00. The molecular weight excluding hydrogens is 264 g/mol. The molecule has 0 amide bonds. The molecule has 1 fully saturated rings. The van der Waals surface area contributed by atoms with Crippen LogP contribution in [-0.2, 0) is 0 Å². The van der Waals surface area contributed by atoms with Crippen LogP contribution in [0.1, 0.15) is 10.9 Å². The third kappa shape index (κ3) is 2.82. The average Bonchev–Trinajstić information content (AvgIpc) is 2.79. The molecule has 0 spiro atoms. The zero-order valence-corrected chi connectivity index (χ0v) is 10.3. The average molecular weight is 277 g/mol. The van der Waals surface area contributed by atoms with E-state index in [4.69, 9.17) is 0 Å². The summed E-state index contributed by atoms with van der Waals surface area (Å²) in [6, 6.07) is 1.69. The third-order valence-corrected chi connectivity index (χ3v) is 3.98. The number of nitro groups is 1. The molecule has 8 heteroatoms. The number of thiophene rings is 1. The van der Waals surface area contributed by atoms with Gasteiger partial charge in [0.15, 0.2) is 0 Å². The van der Waals surface area contributed by atoms with Gasteiger partial charge in [-0.3, -0.25) is 15.0 Å². The third-order valence-electron chi connectivity index (χ3n) is 2.87. The highest BCUT2D eigenvalue weighted by Gasteiger charge is 2.32. The highest BCUT2D eigenvalue weighted by atomic mass is 32.1. The monoisotopic (exact) mass is 277 g/mol. The van der Waals surface area contributed by atoms with Crippen LogP contribution in [0.3, 0.4) is 0 Å². The van der Waals surface area contributed by atoms with Gasteiger partial charge in [-0.2, -0.15) is 0 Å². The maximum atomic E-state index is 13.2. The Morgan fingerprint density at radius 2 is 2.06 bits per heavy atom. The van der Waals surface area contributed by atoms with E-state index in [9.17, 15) is 18.9 Å². The van der Waals surface area contributed by atoms with Crippen molar-refractivity contribution in [3.05, 3.63) is 27.1 Å². The number of rotatable bonds is 4. The summed E-state index contributed by atoms with van der Waals surface area (Å²) < 4.78 is 26.3. The number of hydrogen-bond acceptors (Lipinski definition) is 5. The highest BCUT2D eigenvalue weighted by Crippen LogP contribution is 2.35. The second-order valence-corrected chi connectivity index (χ2v) is 5.09. The zero-order chi connectivity index (χ0) is 13.1. The summed E-state index contributed by atoms with van der Waals surface area (Å²) >= 11 is 0.830. The molecule has 0 aromatic carbocycles. The van der Waals surface area contributed by atoms with Crippen LogP contribution in [0.5, 0.6) is 0 Å². The van der Waals surface area contributed by atoms with E-state index in [1.165, 1.54) is 12.1 Å². The number of alkyl halides is 2. The molecule has 0 radical (unpaired) electrons. The largest absolute Gasteiger partial charge is 0.324 e. The van der Waals surface area contributed by atoms with Gasteiger partial charge in [0.25, 0.3) is 6.43 Å². The van der Waals surface area contributed by atoms with Crippen LogP contribution in [0.15, 0.2) is 12.1 Å². The molecule has 1 atom stereocenters. The van der Waals surface area contributed by atoms with Crippen molar-refractivity contribution in [2.24, 2.45) is 0 Å². The Kier molecular flexibility index (Phi) is 4.20. The van der Waals surface area contributed by atoms with Crippen molar-refractivity contribution < 1.29 is 13.7 Å². The van der Waals surface area contributed by atoms with Crippen molar-refractivity contribution in [2.45, 2.75) is 12.5 Å². The van der Waals surface area contributed by atoms with Gasteiger partial charge in [-0.05, 0) is 6.07 Å². The molecule has 1 aromatic heterocycles. The van der Waals surface area contributed by atoms with Gasteiger partial charge in [0.2, 0.25) is 0 Å². The first-order valence-electron chi connectivity index (χ1n) is 5.56. The normalized spacial score (nSPS) is 19.1. The molecule has 1 saturated heterocycles. The topological polar surface area (TPSA) is 58.4 Å². The first-order valence-corrected chi connectivity index (χ1v) is 6.38. The number of hydrogen-bond donors (Lipinski definition) is 1. The molecule has 5 nitrogen and oxygen atoms in total. The predicted octanol–water partition coefficient (Wildman–Crippen LogP) is 1.87. The van der Waals surface area contributed by atoms with Gasteiger partial charge in [0.05, 0.1) is 4.92 Å². The maximum Gasteiger partial charge on any atom is 0.324 e. The van der Waals surface area contributed by atoms with Crippen molar-refractivity contribution >= 4 is 16.3 Å². The summed E-state index contributed by atoms with van der Waals surface area (Å²) in [4.78, 5) is 12.1. The van der Waals surface area contributed by atoms with E-state index < -0.39 is 17.4 Å². The molecule has 1 N–H and O–H groups in total. The summed E-state index contributed by atoms with van der Waals surface area (Å²) in [5.74, 6) is 0. The van der Waals surface area contributed by atoms with Gasteiger partial charge in [-0.25, -0.2) is 8.78 Å². The summed E-state index contributed by atoms with van der Waals surface area (Å²) in [5, 5.41) is 13.6.